The topological polar surface area (TPSA) is 185 Å². The van der Waals surface area contributed by atoms with E-state index >= 15 is 0 Å². The van der Waals surface area contributed by atoms with Gasteiger partial charge in [-0.15, -0.1) is 11.8 Å². The molecule has 3 aliphatic rings. The molecule has 2 atom stereocenters. The fourth-order valence-electron chi connectivity index (χ4n) is 3.40. The number of hydrogen-bond donors (Lipinski definition) is 5. The third-order valence-corrected chi connectivity index (χ3v) is 9.66. The van der Waals surface area contributed by atoms with Crippen molar-refractivity contribution in [3.05, 3.63) is 45.7 Å². The summed E-state index contributed by atoms with van der Waals surface area (Å²) in [6.45, 7) is 0.639. The van der Waals surface area contributed by atoms with Crippen molar-refractivity contribution in [3.8, 4) is 0 Å². The molecule has 4 rings (SSSR count). The van der Waals surface area contributed by atoms with Gasteiger partial charge in [-0.25, -0.2) is 4.79 Å². The van der Waals surface area contributed by atoms with E-state index in [1.54, 1.807) is 40.0 Å². The van der Waals surface area contributed by atoms with E-state index in [1.165, 1.54) is 37.7 Å². The van der Waals surface area contributed by atoms with Crippen molar-refractivity contribution in [2.24, 2.45) is 16.6 Å². The van der Waals surface area contributed by atoms with Gasteiger partial charge in [0.25, 0.3) is 5.91 Å². The minimum absolute atomic E-state index is 0.0239. The van der Waals surface area contributed by atoms with Crippen LogP contribution in [0.3, 0.4) is 0 Å². The number of β-lactam (4-membered cyclic amide) rings is 1. The molecule has 0 bridgehead atoms. The lowest BCUT2D eigenvalue weighted by Gasteiger charge is -2.44. The third kappa shape index (κ3) is 7.39. The zero-order valence-corrected chi connectivity index (χ0v) is 24.0. The van der Waals surface area contributed by atoms with Crippen molar-refractivity contribution < 1.29 is 24.3 Å². The van der Waals surface area contributed by atoms with Crippen molar-refractivity contribution in [2.75, 3.05) is 32.2 Å². The number of thioether (sulfide) groups is 4. The normalized spacial score (nSPS) is 20.4. The number of fused-ring (bicyclic) bond motifs is 1. The van der Waals surface area contributed by atoms with Crippen LogP contribution in [0.15, 0.2) is 50.2 Å². The Kier molecular flexibility index (Phi) is 11.7. The molecule has 1 aromatic heterocycles. The molecular formula is C22H29N7O5S4. The lowest BCUT2D eigenvalue weighted by atomic mass is 10.1. The second-order valence-electron chi connectivity index (χ2n) is 7.68. The summed E-state index contributed by atoms with van der Waals surface area (Å²) in [4.78, 5) is 43.0. The van der Waals surface area contributed by atoms with Gasteiger partial charge in [0, 0.05) is 58.5 Å². The summed E-state index contributed by atoms with van der Waals surface area (Å²) in [6, 6.07) is 1.94. The fraction of sp³-hybridized carbons (Fsp3) is 0.409. The predicted octanol–water partition coefficient (Wildman–Crippen LogP) is 1.04. The first-order chi connectivity index (χ1) is 18.3. The van der Waals surface area contributed by atoms with Crippen molar-refractivity contribution in [1.82, 2.24) is 20.5 Å². The van der Waals surface area contributed by atoms with E-state index in [0.717, 1.165) is 26.9 Å². The Morgan fingerprint density at radius 3 is 2.84 bits per heavy atom. The van der Waals surface area contributed by atoms with Crippen molar-refractivity contribution in [1.29, 1.82) is 0 Å². The standard InChI is InChI=1S/C16H19N3O3S3.C6H10N4O2S/c1-22-16(21)15-12(9-24-14-6-13(20)19(14)15)25-11-2-4-18-7-10(11)8-23-5-3-17;1-8-5(11)4(10-12)3-2-13-6(7)9-3/h2,4,7,14H,3,5-6,8-9,17H2,1H3;2,6,9,12H,7H2,1H3,(H,8,11)/b;10-4-/t14-;/m1./s1. The molecular weight excluding hydrogens is 571 g/mol. The highest BCUT2D eigenvalue weighted by Crippen LogP contribution is 2.45. The number of methoxy groups -OCH3 is 1. The number of esters is 1. The summed E-state index contributed by atoms with van der Waals surface area (Å²) in [7, 11) is 2.80. The van der Waals surface area contributed by atoms with E-state index in [0.29, 0.717) is 30.1 Å². The Morgan fingerprint density at radius 1 is 1.45 bits per heavy atom. The average molecular weight is 600 g/mol. The number of aromatic nitrogens is 1. The molecule has 0 saturated carbocycles. The predicted molar refractivity (Wildman–Crippen MR) is 152 cm³/mol. The van der Waals surface area contributed by atoms with Crippen molar-refractivity contribution in [3.63, 3.8) is 0 Å². The lowest BCUT2D eigenvalue weighted by molar-refractivity contribution is -0.147. The minimum Gasteiger partial charge on any atom is -0.464 e. The number of nitrogens with two attached hydrogens (primary N) is 2. The number of oxime groups is 1. The third-order valence-electron chi connectivity index (χ3n) is 5.24. The van der Waals surface area contributed by atoms with E-state index in [2.05, 4.69) is 20.8 Å². The number of nitrogens with zero attached hydrogens (tertiary/aromatic N) is 3. The molecule has 0 aliphatic carbocycles. The maximum Gasteiger partial charge on any atom is 0.355 e. The number of nitrogens with one attached hydrogen (secondary N) is 2. The van der Waals surface area contributed by atoms with Crippen LogP contribution in [0.4, 0.5) is 0 Å². The summed E-state index contributed by atoms with van der Waals surface area (Å²) < 4.78 is 4.92. The smallest absolute Gasteiger partial charge is 0.355 e. The Bertz CT molecular complexity index is 1150. The molecule has 1 saturated heterocycles. The summed E-state index contributed by atoms with van der Waals surface area (Å²) in [5.41, 5.74) is 12.6. The Hall–Kier alpha value is -2.37. The number of carbonyl (C=O) groups excluding carboxylic acids is 3. The monoisotopic (exact) mass is 599 g/mol. The molecule has 1 unspecified atom stereocenters. The number of rotatable bonds is 9. The summed E-state index contributed by atoms with van der Waals surface area (Å²) in [6.07, 6.45) is 4.07. The van der Waals surface area contributed by atoms with Gasteiger partial charge in [-0.3, -0.25) is 19.5 Å². The van der Waals surface area contributed by atoms with E-state index in [4.69, 9.17) is 21.4 Å². The molecule has 1 fully saturated rings. The molecule has 1 aromatic rings. The van der Waals surface area contributed by atoms with E-state index < -0.39 is 11.9 Å². The Morgan fingerprint density at radius 2 is 2.24 bits per heavy atom. The van der Waals surface area contributed by atoms with Crippen LogP contribution in [0.25, 0.3) is 0 Å². The van der Waals surface area contributed by atoms with Crippen molar-refractivity contribution >= 4 is 70.5 Å². The largest absolute Gasteiger partial charge is 0.464 e. The summed E-state index contributed by atoms with van der Waals surface area (Å²) in [5.74, 6) is 1.46. The van der Waals surface area contributed by atoms with Gasteiger partial charge in [0.2, 0.25) is 5.91 Å². The zero-order chi connectivity index (χ0) is 27.7. The summed E-state index contributed by atoms with van der Waals surface area (Å²) in [5, 5.41) is 18.3. The highest BCUT2D eigenvalue weighted by Gasteiger charge is 2.46. The molecule has 4 heterocycles. The first kappa shape index (κ1) is 30.2. The quantitative estimate of drug-likeness (QED) is 0.0678. The highest BCUT2D eigenvalue weighted by molar-refractivity contribution is 8.06. The molecule has 206 valence electrons. The summed E-state index contributed by atoms with van der Waals surface area (Å²) >= 11 is 6.27. The van der Waals surface area contributed by atoms with Gasteiger partial charge in [-0.1, -0.05) is 28.7 Å². The number of hydrogen-bond acceptors (Lipinski definition) is 14. The maximum absolute atomic E-state index is 12.3. The van der Waals surface area contributed by atoms with Crippen LogP contribution in [-0.2, 0) is 24.9 Å². The zero-order valence-electron chi connectivity index (χ0n) is 20.7. The van der Waals surface area contributed by atoms with Gasteiger partial charge in [0.15, 0.2) is 5.71 Å². The van der Waals surface area contributed by atoms with Gasteiger partial charge in [-0.05, 0) is 11.6 Å². The molecule has 7 N–H and O–H groups in total. The molecule has 2 amide bonds. The van der Waals surface area contributed by atoms with Crippen LogP contribution in [0.2, 0.25) is 0 Å². The van der Waals surface area contributed by atoms with Crippen LogP contribution >= 0.6 is 47.0 Å². The van der Waals surface area contributed by atoms with Crippen LogP contribution in [-0.4, -0.2) is 81.7 Å². The van der Waals surface area contributed by atoms with Gasteiger partial charge in [0.05, 0.1) is 24.6 Å². The van der Waals surface area contributed by atoms with Gasteiger partial charge < -0.3 is 32.0 Å². The van der Waals surface area contributed by atoms with Crippen LogP contribution in [0.1, 0.15) is 12.0 Å². The molecule has 3 aliphatic heterocycles. The molecule has 16 heteroatoms. The second kappa shape index (κ2) is 14.7. The number of pyridine rings is 1. The fourth-order valence-corrected chi connectivity index (χ4v) is 7.39. The van der Waals surface area contributed by atoms with Crippen molar-refractivity contribution in [2.45, 2.75) is 27.9 Å². The van der Waals surface area contributed by atoms with Gasteiger partial charge in [0.1, 0.15) is 11.2 Å². The van der Waals surface area contributed by atoms with Crippen LogP contribution < -0.4 is 22.1 Å². The molecule has 12 nitrogen and oxygen atoms in total. The molecule has 0 aromatic carbocycles. The second-order valence-corrected chi connectivity index (χ2v) is 12.1. The molecule has 0 spiro atoms. The molecule has 38 heavy (non-hydrogen) atoms. The van der Waals surface area contributed by atoms with E-state index in [-0.39, 0.29) is 22.5 Å². The Balaban J connectivity index is 0.000000260. The Labute approximate surface area is 237 Å². The number of ether oxygens (including phenoxy) is 1. The first-order valence-electron chi connectivity index (χ1n) is 11.3. The molecule has 0 radical (unpaired) electrons. The number of carbonyl (C=O) groups is 3. The van der Waals surface area contributed by atoms with Gasteiger partial charge >= 0.3 is 5.97 Å². The first-order valence-corrected chi connectivity index (χ1v) is 15.3. The van der Waals surface area contributed by atoms with E-state index in [9.17, 15) is 14.4 Å². The van der Waals surface area contributed by atoms with E-state index in [1.807, 2.05) is 12.3 Å². The average Bonchev–Trinajstić information content (AvgIpc) is 3.35. The number of amides is 2. The van der Waals surface area contributed by atoms with Gasteiger partial charge in [-0.2, -0.15) is 11.8 Å². The highest BCUT2D eigenvalue weighted by atomic mass is 32.2. The lowest BCUT2D eigenvalue weighted by Crippen LogP contribution is -2.53. The maximum atomic E-state index is 12.3. The van der Waals surface area contributed by atoms with Crippen LogP contribution in [0, 0.1) is 0 Å². The van der Waals surface area contributed by atoms with Crippen LogP contribution in [0.5, 0.6) is 0 Å². The minimum atomic E-state index is -0.462. The SMILES string of the molecule is CNC(=O)/C(=N\O)C1=CSC(N)N1.COC(=O)C1=C(Sc2ccncc2CSCCN)CS[C@@H]2CC(=O)N12.